The van der Waals surface area contributed by atoms with Crippen LogP contribution in [0.5, 0.6) is 0 Å². The first kappa shape index (κ1) is 17.8. The highest BCUT2D eigenvalue weighted by Gasteiger charge is 2.40. The summed E-state index contributed by atoms with van der Waals surface area (Å²) in [6.07, 6.45) is 5.73. The van der Waals surface area contributed by atoms with E-state index < -0.39 is 11.5 Å². The summed E-state index contributed by atoms with van der Waals surface area (Å²) < 4.78 is 0. The number of rotatable bonds is 6. The minimum atomic E-state index is -1.08. The molecule has 1 saturated carbocycles. The lowest BCUT2D eigenvalue weighted by molar-refractivity contribution is -0.145. The predicted octanol–water partition coefficient (Wildman–Crippen LogP) is 1.76. The minimum absolute atomic E-state index is 0.280. The largest absolute Gasteiger partial charge is 0.480 e. The van der Waals surface area contributed by atoms with Gasteiger partial charge in [-0.1, -0.05) is 25.7 Å². The van der Waals surface area contributed by atoms with Crippen molar-refractivity contribution in [2.45, 2.75) is 50.5 Å². The number of urea groups is 1. The maximum Gasteiger partial charge on any atom is 0.329 e. The number of hydrogen-bond acceptors (Lipinski definition) is 3. The molecule has 2 amide bonds. The quantitative estimate of drug-likeness (QED) is 0.733. The van der Waals surface area contributed by atoms with Gasteiger partial charge in [0.1, 0.15) is 5.54 Å². The highest BCUT2D eigenvalue weighted by Crippen LogP contribution is 2.27. The number of amides is 2. The Labute approximate surface area is 127 Å². The van der Waals surface area contributed by atoms with Gasteiger partial charge in [0.15, 0.2) is 0 Å². The molecule has 2 N–H and O–H groups in total. The molecule has 1 rings (SSSR count). The van der Waals surface area contributed by atoms with Crippen molar-refractivity contribution in [2.24, 2.45) is 0 Å². The number of carboxylic acids is 1. The molecule has 1 aliphatic carbocycles. The third kappa shape index (κ3) is 5.53. The van der Waals surface area contributed by atoms with E-state index in [-0.39, 0.29) is 6.03 Å². The van der Waals surface area contributed by atoms with E-state index in [4.69, 9.17) is 0 Å². The van der Waals surface area contributed by atoms with Crippen LogP contribution < -0.4 is 5.32 Å². The topological polar surface area (TPSA) is 72.9 Å². The van der Waals surface area contributed by atoms with Crippen molar-refractivity contribution >= 4 is 12.0 Å². The van der Waals surface area contributed by atoms with Gasteiger partial charge in [0.2, 0.25) is 0 Å². The number of carbonyl (C=O) groups excluding carboxylic acids is 1. The molecule has 1 fully saturated rings. The Morgan fingerprint density at radius 3 is 2.10 bits per heavy atom. The molecule has 0 saturated heterocycles. The van der Waals surface area contributed by atoms with Crippen LogP contribution in [-0.4, -0.2) is 66.7 Å². The molecule has 6 heteroatoms. The van der Waals surface area contributed by atoms with E-state index in [2.05, 4.69) is 10.2 Å². The fraction of sp³-hybridized carbons (Fsp3) is 0.867. The number of nitrogens with zero attached hydrogens (tertiary/aromatic N) is 2. The lowest BCUT2D eigenvalue weighted by Crippen LogP contribution is -2.57. The van der Waals surface area contributed by atoms with E-state index in [9.17, 15) is 14.7 Å². The molecule has 0 spiro atoms. The first-order valence-corrected chi connectivity index (χ1v) is 7.79. The summed E-state index contributed by atoms with van der Waals surface area (Å²) >= 11 is 0. The first-order chi connectivity index (χ1) is 9.87. The lowest BCUT2D eigenvalue weighted by Gasteiger charge is -2.31. The average Bonchev–Trinajstić information content (AvgIpc) is 2.64. The minimum Gasteiger partial charge on any atom is -0.480 e. The van der Waals surface area contributed by atoms with Gasteiger partial charge in [0, 0.05) is 13.6 Å². The summed E-state index contributed by atoms with van der Waals surface area (Å²) in [5.74, 6) is -0.903. The summed E-state index contributed by atoms with van der Waals surface area (Å²) in [6, 6.07) is -0.280. The second-order valence-corrected chi connectivity index (χ2v) is 6.31. The maximum absolute atomic E-state index is 12.2. The van der Waals surface area contributed by atoms with E-state index in [0.717, 1.165) is 38.6 Å². The maximum atomic E-state index is 12.2. The molecule has 0 radical (unpaired) electrons. The Hall–Kier alpha value is -1.30. The number of hydrogen-bond donors (Lipinski definition) is 2. The van der Waals surface area contributed by atoms with Gasteiger partial charge in [0.25, 0.3) is 0 Å². The summed E-state index contributed by atoms with van der Waals surface area (Å²) in [6.45, 7) is 1.53. The van der Waals surface area contributed by atoms with Gasteiger partial charge in [-0.2, -0.15) is 0 Å². The summed E-state index contributed by atoms with van der Waals surface area (Å²) in [5, 5.41) is 12.3. The zero-order valence-electron chi connectivity index (χ0n) is 13.5. The fourth-order valence-corrected chi connectivity index (χ4v) is 2.75. The van der Waals surface area contributed by atoms with Crippen molar-refractivity contribution in [2.75, 3.05) is 34.2 Å². The van der Waals surface area contributed by atoms with Crippen molar-refractivity contribution in [3.63, 3.8) is 0 Å². The SMILES string of the molecule is CN(C)CCCN(C)C(=O)NC1(C(=O)O)CCCCCC1. The van der Waals surface area contributed by atoms with Gasteiger partial charge in [-0.3, -0.25) is 0 Å². The van der Waals surface area contributed by atoms with Crippen molar-refractivity contribution in [3.05, 3.63) is 0 Å². The zero-order chi connectivity index (χ0) is 15.9. The van der Waals surface area contributed by atoms with Gasteiger partial charge in [0.05, 0.1) is 0 Å². The van der Waals surface area contributed by atoms with Gasteiger partial charge in [-0.25, -0.2) is 9.59 Å². The number of carboxylic acid groups (broad SMARTS) is 1. The molecule has 0 bridgehead atoms. The van der Waals surface area contributed by atoms with Crippen molar-refractivity contribution in [1.82, 2.24) is 15.1 Å². The Morgan fingerprint density at radius 1 is 1.05 bits per heavy atom. The highest BCUT2D eigenvalue weighted by molar-refractivity contribution is 5.86. The molecular formula is C15H29N3O3. The van der Waals surface area contributed by atoms with Crippen LogP contribution in [0.25, 0.3) is 0 Å². The molecule has 0 aromatic heterocycles. The van der Waals surface area contributed by atoms with E-state index >= 15 is 0 Å². The summed E-state index contributed by atoms with van der Waals surface area (Å²) in [7, 11) is 5.70. The average molecular weight is 299 g/mol. The molecule has 6 nitrogen and oxygen atoms in total. The van der Waals surface area contributed by atoms with E-state index in [1.807, 2.05) is 14.1 Å². The van der Waals surface area contributed by atoms with Crippen LogP contribution in [0.15, 0.2) is 0 Å². The van der Waals surface area contributed by atoms with E-state index in [1.165, 1.54) is 0 Å². The molecule has 122 valence electrons. The fourth-order valence-electron chi connectivity index (χ4n) is 2.75. The molecule has 0 heterocycles. The van der Waals surface area contributed by atoms with Gasteiger partial charge >= 0.3 is 12.0 Å². The number of nitrogens with one attached hydrogen (secondary N) is 1. The first-order valence-electron chi connectivity index (χ1n) is 7.79. The van der Waals surface area contributed by atoms with Crippen molar-refractivity contribution in [3.8, 4) is 0 Å². The van der Waals surface area contributed by atoms with Crippen LogP contribution in [0.3, 0.4) is 0 Å². The van der Waals surface area contributed by atoms with Crippen LogP contribution in [-0.2, 0) is 4.79 Å². The normalized spacial score (nSPS) is 18.1. The third-order valence-electron chi connectivity index (χ3n) is 4.16. The predicted molar refractivity (Wildman–Crippen MR) is 82.4 cm³/mol. The molecule has 0 aromatic carbocycles. The molecule has 21 heavy (non-hydrogen) atoms. The third-order valence-corrected chi connectivity index (χ3v) is 4.16. The van der Waals surface area contributed by atoms with Gasteiger partial charge in [-0.15, -0.1) is 0 Å². The number of aliphatic carboxylic acids is 1. The smallest absolute Gasteiger partial charge is 0.329 e. The van der Waals surface area contributed by atoms with Gasteiger partial charge < -0.3 is 20.2 Å². The molecule has 0 aromatic rings. The molecule has 0 unspecified atom stereocenters. The van der Waals surface area contributed by atoms with Crippen LogP contribution >= 0.6 is 0 Å². The Morgan fingerprint density at radius 2 is 1.62 bits per heavy atom. The Balaban J connectivity index is 2.57. The molecule has 0 aliphatic heterocycles. The standard InChI is InChI=1S/C15H29N3O3/c1-17(2)11-8-12-18(3)14(21)16-15(13(19)20)9-6-4-5-7-10-15/h4-12H2,1-3H3,(H,16,21)(H,19,20). The van der Waals surface area contributed by atoms with E-state index in [0.29, 0.717) is 19.4 Å². The Kier molecular flexibility index (Phi) is 6.95. The van der Waals surface area contributed by atoms with Crippen LogP contribution in [0.2, 0.25) is 0 Å². The second kappa shape index (κ2) is 8.22. The zero-order valence-corrected chi connectivity index (χ0v) is 13.5. The Bertz CT molecular complexity index is 350. The van der Waals surface area contributed by atoms with Crippen molar-refractivity contribution in [1.29, 1.82) is 0 Å². The van der Waals surface area contributed by atoms with Crippen LogP contribution in [0.4, 0.5) is 4.79 Å². The van der Waals surface area contributed by atoms with Crippen LogP contribution in [0.1, 0.15) is 44.9 Å². The molecular weight excluding hydrogens is 270 g/mol. The number of carbonyl (C=O) groups is 2. The molecule has 1 aliphatic rings. The lowest BCUT2D eigenvalue weighted by atomic mass is 9.90. The second-order valence-electron chi connectivity index (χ2n) is 6.31. The van der Waals surface area contributed by atoms with Crippen LogP contribution in [0, 0.1) is 0 Å². The molecule has 0 atom stereocenters. The van der Waals surface area contributed by atoms with Gasteiger partial charge in [-0.05, 0) is 39.9 Å². The van der Waals surface area contributed by atoms with Crippen molar-refractivity contribution < 1.29 is 14.7 Å². The summed E-state index contributed by atoms with van der Waals surface area (Å²) in [5.41, 5.74) is -1.08. The highest BCUT2D eigenvalue weighted by atomic mass is 16.4. The van der Waals surface area contributed by atoms with E-state index in [1.54, 1.807) is 11.9 Å². The summed E-state index contributed by atoms with van der Waals surface area (Å²) in [4.78, 5) is 27.5. The monoisotopic (exact) mass is 299 g/mol.